The fourth-order valence-corrected chi connectivity index (χ4v) is 2.25. The Labute approximate surface area is 111 Å². The van der Waals surface area contributed by atoms with Crippen molar-refractivity contribution in [3.8, 4) is 0 Å². The second-order valence-electron chi connectivity index (χ2n) is 5.96. The molecule has 0 aliphatic rings. The predicted octanol–water partition coefficient (Wildman–Crippen LogP) is 1.90. The topological polar surface area (TPSA) is 35.5 Å². The summed E-state index contributed by atoms with van der Waals surface area (Å²) < 4.78 is 0. The molecule has 1 unspecified atom stereocenters. The van der Waals surface area contributed by atoms with Crippen molar-refractivity contribution in [3.05, 3.63) is 35.9 Å². The molecule has 0 saturated heterocycles. The van der Waals surface area contributed by atoms with Crippen molar-refractivity contribution < 1.29 is 5.11 Å². The summed E-state index contributed by atoms with van der Waals surface area (Å²) in [5.41, 5.74) is 1.18. The molecule has 1 aromatic rings. The number of rotatable bonds is 7. The average Bonchev–Trinajstić information content (AvgIpc) is 2.28. The molecular formula is C15H26N2O. The van der Waals surface area contributed by atoms with Gasteiger partial charge in [-0.05, 0) is 25.1 Å². The number of benzene rings is 1. The Morgan fingerprint density at radius 2 is 1.83 bits per heavy atom. The quantitative estimate of drug-likeness (QED) is 0.776. The first kappa shape index (κ1) is 15.2. The fraction of sp³-hybridized carbons (Fsp3) is 0.600. The van der Waals surface area contributed by atoms with E-state index in [1.165, 1.54) is 0 Å². The van der Waals surface area contributed by atoms with Crippen LogP contribution in [0.3, 0.4) is 0 Å². The Bertz CT molecular complexity index is 336. The van der Waals surface area contributed by atoms with Gasteiger partial charge in [0.15, 0.2) is 0 Å². The van der Waals surface area contributed by atoms with Crippen molar-refractivity contribution in [2.24, 2.45) is 5.41 Å². The van der Waals surface area contributed by atoms with Gasteiger partial charge in [-0.2, -0.15) is 0 Å². The smallest absolute Gasteiger partial charge is 0.0914 e. The second-order valence-corrected chi connectivity index (χ2v) is 5.96. The lowest BCUT2D eigenvalue weighted by Crippen LogP contribution is -2.38. The second kappa shape index (κ2) is 6.88. The molecule has 3 nitrogen and oxygen atoms in total. The van der Waals surface area contributed by atoms with Crippen LogP contribution < -0.4 is 5.32 Å². The molecule has 102 valence electrons. The fourth-order valence-electron chi connectivity index (χ4n) is 2.25. The molecule has 2 N–H and O–H groups in total. The van der Waals surface area contributed by atoms with Gasteiger partial charge in [0.25, 0.3) is 0 Å². The summed E-state index contributed by atoms with van der Waals surface area (Å²) in [5.74, 6) is 0. The van der Waals surface area contributed by atoms with Crippen LogP contribution in [0.15, 0.2) is 30.3 Å². The molecule has 0 radical (unpaired) electrons. The minimum absolute atomic E-state index is 0.208. The maximum absolute atomic E-state index is 10.0. The van der Waals surface area contributed by atoms with E-state index in [0.29, 0.717) is 6.54 Å². The highest BCUT2D eigenvalue weighted by Crippen LogP contribution is 2.15. The van der Waals surface area contributed by atoms with Crippen LogP contribution in [0.5, 0.6) is 0 Å². The van der Waals surface area contributed by atoms with Gasteiger partial charge in [-0.25, -0.2) is 0 Å². The number of aliphatic hydroxyl groups excluding tert-OH is 1. The average molecular weight is 250 g/mol. The predicted molar refractivity (Wildman–Crippen MR) is 76.6 cm³/mol. The lowest BCUT2D eigenvalue weighted by molar-refractivity contribution is 0.162. The normalized spacial score (nSPS) is 13.9. The van der Waals surface area contributed by atoms with Crippen LogP contribution >= 0.6 is 0 Å². The summed E-state index contributed by atoms with van der Waals surface area (Å²) in [6, 6.07) is 9.78. The van der Waals surface area contributed by atoms with Crippen molar-refractivity contribution in [3.63, 3.8) is 0 Å². The van der Waals surface area contributed by atoms with Gasteiger partial charge >= 0.3 is 0 Å². The Morgan fingerprint density at radius 3 is 2.39 bits per heavy atom. The standard InChI is InChI=1S/C15H26N2O/c1-15(2,12-17(3)4)11-16-10-14(18)13-8-6-5-7-9-13/h5-9,14,16,18H,10-12H2,1-4H3. The summed E-state index contributed by atoms with van der Waals surface area (Å²) in [5, 5.41) is 13.4. The van der Waals surface area contributed by atoms with E-state index in [-0.39, 0.29) is 5.41 Å². The van der Waals surface area contributed by atoms with Gasteiger partial charge in [0.2, 0.25) is 0 Å². The number of aliphatic hydroxyl groups is 1. The molecule has 0 aliphatic carbocycles. The lowest BCUT2D eigenvalue weighted by Gasteiger charge is -2.29. The van der Waals surface area contributed by atoms with E-state index < -0.39 is 6.10 Å². The highest BCUT2D eigenvalue weighted by atomic mass is 16.3. The van der Waals surface area contributed by atoms with Crippen LogP contribution in [0, 0.1) is 5.41 Å². The van der Waals surface area contributed by atoms with E-state index in [9.17, 15) is 5.11 Å². The van der Waals surface area contributed by atoms with E-state index in [2.05, 4.69) is 38.2 Å². The van der Waals surface area contributed by atoms with Gasteiger partial charge in [0, 0.05) is 19.6 Å². The van der Waals surface area contributed by atoms with Crippen LogP contribution in [0.1, 0.15) is 25.5 Å². The van der Waals surface area contributed by atoms with Gasteiger partial charge < -0.3 is 15.3 Å². The monoisotopic (exact) mass is 250 g/mol. The van der Waals surface area contributed by atoms with Crippen molar-refractivity contribution in [1.82, 2.24) is 10.2 Å². The maximum atomic E-state index is 10.0. The molecule has 0 bridgehead atoms. The molecule has 0 aromatic heterocycles. The first-order chi connectivity index (χ1) is 8.41. The van der Waals surface area contributed by atoms with Crippen LogP contribution in [-0.4, -0.2) is 43.7 Å². The Hall–Kier alpha value is -0.900. The largest absolute Gasteiger partial charge is 0.387 e. The third-order valence-electron chi connectivity index (χ3n) is 2.87. The molecule has 3 heteroatoms. The molecule has 0 fully saturated rings. The van der Waals surface area contributed by atoms with E-state index in [1.54, 1.807) is 0 Å². The molecule has 1 atom stereocenters. The molecule has 18 heavy (non-hydrogen) atoms. The van der Waals surface area contributed by atoms with Crippen molar-refractivity contribution >= 4 is 0 Å². The van der Waals surface area contributed by atoms with Crippen molar-refractivity contribution in [1.29, 1.82) is 0 Å². The Balaban J connectivity index is 2.33. The summed E-state index contributed by atoms with van der Waals surface area (Å²) in [6.07, 6.45) is -0.429. The Kier molecular flexibility index (Phi) is 5.79. The molecule has 1 rings (SSSR count). The highest BCUT2D eigenvalue weighted by molar-refractivity contribution is 5.17. The number of nitrogens with zero attached hydrogens (tertiary/aromatic N) is 1. The van der Waals surface area contributed by atoms with Crippen LogP contribution in [0.4, 0.5) is 0 Å². The number of nitrogens with one attached hydrogen (secondary N) is 1. The third-order valence-corrected chi connectivity index (χ3v) is 2.87. The van der Waals surface area contributed by atoms with Gasteiger partial charge in [0.05, 0.1) is 6.10 Å². The summed E-state index contributed by atoms with van der Waals surface area (Å²) in [4.78, 5) is 2.19. The van der Waals surface area contributed by atoms with Gasteiger partial charge in [-0.1, -0.05) is 44.2 Å². The molecular weight excluding hydrogens is 224 g/mol. The zero-order valence-corrected chi connectivity index (χ0v) is 12.0. The van der Waals surface area contributed by atoms with Gasteiger partial charge in [0.1, 0.15) is 0 Å². The lowest BCUT2D eigenvalue weighted by atomic mass is 9.93. The third kappa shape index (κ3) is 5.63. The van der Waals surface area contributed by atoms with E-state index in [0.717, 1.165) is 18.7 Å². The van der Waals surface area contributed by atoms with Crippen molar-refractivity contribution in [2.75, 3.05) is 33.7 Å². The van der Waals surface area contributed by atoms with E-state index in [1.807, 2.05) is 30.3 Å². The first-order valence-corrected chi connectivity index (χ1v) is 6.49. The summed E-state index contributed by atoms with van der Waals surface area (Å²) in [6.45, 7) is 6.99. The van der Waals surface area contributed by atoms with Gasteiger partial charge in [-0.15, -0.1) is 0 Å². The number of hydrogen-bond donors (Lipinski definition) is 2. The molecule has 0 amide bonds. The van der Waals surface area contributed by atoms with Gasteiger partial charge in [-0.3, -0.25) is 0 Å². The zero-order chi connectivity index (χ0) is 13.6. The van der Waals surface area contributed by atoms with Crippen molar-refractivity contribution in [2.45, 2.75) is 20.0 Å². The molecule has 1 aromatic carbocycles. The minimum atomic E-state index is -0.429. The minimum Gasteiger partial charge on any atom is -0.387 e. The summed E-state index contributed by atoms with van der Waals surface area (Å²) in [7, 11) is 4.17. The molecule has 0 spiro atoms. The Morgan fingerprint density at radius 1 is 1.22 bits per heavy atom. The molecule has 0 aliphatic heterocycles. The van der Waals surface area contributed by atoms with Crippen LogP contribution in [0.2, 0.25) is 0 Å². The highest BCUT2D eigenvalue weighted by Gasteiger charge is 2.18. The van der Waals surface area contributed by atoms with Crippen LogP contribution in [-0.2, 0) is 0 Å². The van der Waals surface area contributed by atoms with E-state index in [4.69, 9.17) is 0 Å². The summed E-state index contributed by atoms with van der Waals surface area (Å²) >= 11 is 0. The SMILES string of the molecule is CN(C)CC(C)(C)CNCC(O)c1ccccc1. The van der Waals surface area contributed by atoms with Crippen LogP contribution in [0.25, 0.3) is 0 Å². The molecule has 0 saturated carbocycles. The number of hydrogen-bond acceptors (Lipinski definition) is 3. The van der Waals surface area contributed by atoms with E-state index >= 15 is 0 Å². The first-order valence-electron chi connectivity index (χ1n) is 6.49. The zero-order valence-electron chi connectivity index (χ0n) is 12.0. The molecule has 0 heterocycles. The maximum Gasteiger partial charge on any atom is 0.0914 e.